The predicted octanol–water partition coefficient (Wildman–Crippen LogP) is 5.21. The number of alkyl halides is 5. The van der Waals surface area contributed by atoms with Crippen molar-refractivity contribution in [1.29, 1.82) is 0 Å². The zero-order chi connectivity index (χ0) is 18.9. The molecule has 1 aliphatic carbocycles. The van der Waals surface area contributed by atoms with E-state index in [9.17, 15) is 22.0 Å². The van der Waals surface area contributed by atoms with Gasteiger partial charge in [0, 0.05) is 12.5 Å². The normalized spacial score (nSPS) is 21.8. The van der Waals surface area contributed by atoms with Gasteiger partial charge in [0.25, 0.3) is 0 Å². The van der Waals surface area contributed by atoms with Crippen LogP contribution in [0.15, 0.2) is 6.07 Å². The molecule has 1 fully saturated rings. The fourth-order valence-electron chi connectivity index (χ4n) is 2.35. The van der Waals surface area contributed by atoms with Crippen LogP contribution in [0, 0.1) is 0 Å². The number of nitrogens with zero attached hydrogens (tertiary/aromatic N) is 2. The molecule has 1 aliphatic rings. The Morgan fingerprint density at radius 3 is 1.96 bits per heavy atom. The van der Waals surface area contributed by atoms with Crippen molar-refractivity contribution in [2.45, 2.75) is 77.1 Å². The van der Waals surface area contributed by atoms with Crippen LogP contribution in [0.3, 0.4) is 0 Å². The van der Waals surface area contributed by atoms with Crippen molar-refractivity contribution in [3.8, 4) is 0 Å². The molecule has 1 saturated carbocycles. The summed E-state index contributed by atoms with van der Waals surface area (Å²) in [5.41, 5.74) is -1.50. The highest BCUT2D eigenvalue weighted by Crippen LogP contribution is 2.47. The Bertz CT molecular complexity index is 540. The molecule has 0 unspecified atom stereocenters. The van der Waals surface area contributed by atoms with Crippen molar-refractivity contribution in [2.24, 2.45) is 0 Å². The minimum Gasteiger partial charge on any atom is -0.381 e. The number of hydrogen-bond acceptors (Lipinski definition) is 2. The molecule has 0 radical (unpaired) electrons. The molecular weight excluding hydrogens is 331 g/mol. The second kappa shape index (κ2) is 6.98. The number of hydrogen-bond donors (Lipinski definition) is 0. The van der Waals surface area contributed by atoms with Gasteiger partial charge in [0.15, 0.2) is 0 Å². The molecule has 1 aromatic rings. The first-order valence-electron chi connectivity index (χ1n) is 7.95. The lowest BCUT2D eigenvalue weighted by molar-refractivity contribution is -0.292. The van der Waals surface area contributed by atoms with E-state index in [2.05, 4.69) is 5.10 Å². The van der Waals surface area contributed by atoms with Crippen LogP contribution in [-0.2, 0) is 16.1 Å². The lowest BCUT2D eigenvalue weighted by Crippen LogP contribution is -2.40. The van der Waals surface area contributed by atoms with Crippen molar-refractivity contribution in [3.63, 3.8) is 0 Å². The lowest BCUT2D eigenvalue weighted by atomic mass is 9.89. The maximum atomic E-state index is 13.8. The van der Waals surface area contributed by atoms with Gasteiger partial charge in [0.2, 0.25) is 0 Å². The fraction of sp³-hybridized carbons (Fsp3) is 0.812. The van der Waals surface area contributed by atoms with Gasteiger partial charge in [0.05, 0.1) is 17.8 Å². The summed E-state index contributed by atoms with van der Waals surface area (Å²) in [5, 5.41) is 4.03. The zero-order valence-corrected chi connectivity index (χ0v) is 14.8. The maximum Gasteiger partial charge on any atom is 0.459 e. The third kappa shape index (κ3) is 3.90. The summed E-state index contributed by atoms with van der Waals surface area (Å²) in [7, 11) is 1.48. The van der Waals surface area contributed by atoms with Crippen LogP contribution in [-0.4, -0.2) is 29.2 Å². The van der Waals surface area contributed by atoms with Crippen LogP contribution in [0.25, 0.3) is 0 Å². The van der Waals surface area contributed by atoms with Gasteiger partial charge in [-0.1, -0.05) is 34.6 Å². The summed E-state index contributed by atoms with van der Waals surface area (Å²) >= 11 is 0. The molecule has 8 heteroatoms. The Labute approximate surface area is 139 Å². The summed E-state index contributed by atoms with van der Waals surface area (Å²) in [4.78, 5) is 0. The quantitative estimate of drug-likeness (QED) is 0.695. The number of aromatic nitrogens is 2. The molecule has 1 heterocycles. The number of methoxy groups -OCH3 is 1. The standard InChI is InChI=1S/C14H19F5N2O.C2H6/c1-12(2,3)10-7-11(13(15,16)14(17,18)19)21(20-10)8-5-9(6-8)22-4;1-2/h7-9H,5-6H2,1-4H3;1-2H3. The molecule has 0 atom stereocenters. The Kier molecular flexibility index (Phi) is 6.07. The molecule has 140 valence electrons. The molecule has 0 saturated heterocycles. The van der Waals surface area contributed by atoms with Crippen molar-refractivity contribution in [2.75, 3.05) is 7.11 Å². The summed E-state index contributed by atoms with van der Waals surface area (Å²) in [6, 6.07) is 0.373. The van der Waals surface area contributed by atoms with E-state index in [1.54, 1.807) is 20.8 Å². The van der Waals surface area contributed by atoms with E-state index in [1.165, 1.54) is 7.11 Å². The van der Waals surface area contributed by atoms with Crippen LogP contribution in [0.5, 0.6) is 0 Å². The van der Waals surface area contributed by atoms with Crippen molar-refractivity contribution in [3.05, 3.63) is 17.5 Å². The molecule has 3 nitrogen and oxygen atoms in total. The molecule has 0 aromatic carbocycles. The minimum absolute atomic E-state index is 0.125. The van der Waals surface area contributed by atoms with E-state index in [1.807, 2.05) is 13.8 Å². The van der Waals surface area contributed by atoms with E-state index >= 15 is 0 Å². The average Bonchev–Trinajstić information content (AvgIpc) is 2.84. The van der Waals surface area contributed by atoms with Crippen molar-refractivity contribution < 1.29 is 26.7 Å². The Morgan fingerprint density at radius 1 is 1.08 bits per heavy atom. The van der Waals surface area contributed by atoms with Gasteiger partial charge in [-0.25, -0.2) is 0 Å². The number of ether oxygens (including phenoxy) is 1. The van der Waals surface area contributed by atoms with E-state index in [-0.39, 0.29) is 11.8 Å². The molecule has 1 aromatic heterocycles. The lowest BCUT2D eigenvalue weighted by Gasteiger charge is -2.36. The zero-order valence-electron chi connectivity index (χ0n) is 14.8. The molecule has 2 rings (SSSR count). The highest BCUT2D eigenvalue weighted by Gasteiger charge is 2.61. The van der Waals surface area contributed by atoms with Crippen LogP contribution >= 0.6 is 0 Å². The molecule has 0 amide bonds. The van der Waals surface area contributed by atoms with Crippen LogP contribution in [0.4, 0.5) is 22.0 Å². The summed E-state index contributed by atoms with van der Waals surface area (Å²) in [6.45, 7) is 9.15. The summed E-state index contributed by atoms with van der Waals surface area (Å²) in [5.74, 6) is -4.93. The van der Waals surface area contributed by atoms with E-state index < -0.39 is 29.2 Å². The van der Waals surface area contributed by atoms with Crippen LogP contribution < -0.4 is 0 Å². The fourth-order valence-corrected chi connectivity index (χ4v) is 2.35. The first kappa shape index (κ1) is 20.9. The van der Waals surface area contributed by atoms with Crippen molar-refractivity contribution in [1.82, 2.24) is 9.78 Å². The summed E-state index contributed by atoms with van der Waals surface area (Å²) in [6.07, 6.45) is -5.02. The Morgan fingerprint density at radius 2 is 1.58 bits per heavy atom. The third-order valence-electron chi connectivity index (χ3n) is 3.93. The topological polar surface area (TPSA) is 27.1 Å². The maximum absolute atomic E-state index is 13.8. The second-order valence-corrected chi connectivity index (χ2v) is 6.66. The molecule has 0 spiro atoms. The third-order valence-corrected chi connectivity index (χ3v) is 3.93. The van der Waals surface area contributed by atoms with E-state index in [4.69, 9.17) is 4.74 Å². The monoisotopic (exact) mass is 356 g/mol. The second-order valence-electron chi connectivity index (χ2n) is 6.66. The van der Waals surface area contributed by atoms with Gasteiger partial charge in [-0.3, -0.25) is 4.68 Å². The van der Waals surface area contributed by atoms with E-state index in [0.717, 1.165) is 10.7 Å². The highest BCUT2D eigenvalue weighted by atomic mass is 19.4. The van der Waals surface area contributed by atoms with Crippen molar-refractivity contribution >= 4 is 0 Å². The Hall–Kier alpha value is -1.18. The number of rotatable bonds is 3. The molecule has 0 aliphatic heterocycles. The molecule has 0 N–H and O–H groups in total. The van der Waals surface area contributed by atoms with E-state index in [0.29, 0.717) is 12.8 Å². The SMILES string of the molecule is CC.COC1CC(n2nc(C(C)(C)C)cc2C(F)(F)C(F)(F)F)C1. The molecular formula is C16H25F5N2O. The average molecular weight is 356 g/mol. The van der Waals surface area contributed by atoms with Gasteiger partial charge in [-0.2, -0.15) is 27.1 Å². The van der Waals surface area contributed by atoms with Gasteiger partial charge in [-0.05, 0) is 18.9 Å². The van der Waals surface area contributed by atoms with Crippen LogP contribution in [0.2, 0.25) is 0 Å². The first-order chi connectivity index (χ1) is 10.9. The molecule has 24 heavy (non-hydrogen) atoms. The van der Waals surface area contributed by atoms with Gasteiger partial charge in [-0.15, -0.1) is 0 Å². The van der Waals surface area contributed by atoms with Gasteiger partial charge in [0.1, 0.15) is 5.69 Å². The number of halogens is 5. The Balaban J connectivity index is 0.00000139. The van der Waals surface area contributed by atoms with Gasteiger partial charge < -0.3 is 4.74 Å². The first-order valence-corrected chi connectivity index (χ1v) is 7.95. The van der Waals surface area contributed by atoms with Gasteiger partial charge >= 0.3 is 12.1 Å². The highest BCUT2D eigenvalue weighted by molar-refractivity contribution is 5.23. The largest absolute Gasteiger partial charge is 0.459 e. The van der Waals surface area contributed by atoms with Crippen LogP contribution in [0.1, 0.15) is 64.9 Å². The summed E-state index contributed by atoms with van der Waals surface area (Å²) < 4.78 is 71.7. The predicted molar refractivity (Wildman–Crippen MR) is 81.3 cm³/mol. The minimum atomic E-state index is -5.65. The molecule has 0 bridgehead atoms. The smallest absolute Gasteiger partial charge is 0.381 e.